The molecule has 0 spiro atoms. The minimum atomic E-state index is -0.608. The summed E-state index contributed by atoms with van der Waals surface area (Å²) >= 11 is 1.65. The van der Waals surface area contributed by atoms with Crippen LogP contribution in [0.2, 0.25) is 0 Å². The third kappa shape index (κ3) is 5.11. The number of imidazole rings is 1. The molecule has 1 saturated heterocycles. The van der Waals surface area contributed by atoms with Crippen LogP contribution in [0, 0.1) is 19.8 Å². The number of carbonyl (C=O) groups is 1. The number of ether oxygens (including phenoxy) is 1. The maximum atomic E-state index is 13.5. The number of benzene rings is 1. The van der Waals surface area contributed by atoms with Gasteiger partial charge in [-0.3, -0.25) is 4.79 Å². The molecule has 0 saturated carbocycles. The molecule has 0 aliphatic carbocycles. The highest BCUT2D eigenvalue weighted by atomic mass is 32.1. The van der Waals surface area contributed by atoms with Crippen LogP contribution in [0.5, 0.6) is 0 Å². The maximum Gasteiger partial charge on any atom is 0.274 e. The number of aromatic nitrogens is 3. The number of methoxy groups -OCH3 is 1. The number of fused-ring (bicyclic) bond motifs is 1. The number of carbonyl (C=O) groups excluding carboxylic acids is 1. The van der Waals surface area contributed by atoms with Gasteiger partial charge in [0.05, 0.1) is 27.8 Å². The molecule has 1 unspecified atom stereocenters. The van der Waals surface area contributed by atoms with Crippen molar-refractivity contribution in [2.75, 3.05) is 20.2 Å². The maximum absolute atomic E-state index is 13.5. The average molecular weight is 534 g/mol. The second-order valence-electron chi connectivity index (χ2n) is 10.1. The summed E-state index contributed by atoms with van der Waals surface area (Å²) < 4.78 is 7.56. The van der Waals surface area contributed by atoms with Gasteiger partial charge in [-0.2, -0.15) is 0 Å². The minimum Gasteiger partial charge on any atom is -0.391 e. The first-order chi connectivity index (χ1) is 18.3. The van der Waals surface area contributed by atoms with Crippen LogP contribution in [0.4, 0.5) is 0 Å². The number of likely N-dealkylation sites (tertiary alicyclic amines) is 1. The van der Waals surface area contributed by atoms with Crippen molar-refractivity contribution in [3.05, 3.63) is 75.8 Å². The lowest BCUT2D eigenvalue weighted by Crippen LogP contribution is -2.47. The molecule has 4 heterocycles. The van der Waals surface area contributed by atoms with E-state index in [1.54, 1.807) is 29.5 Å². The highest BCUT2D eigenvalue weighted by Gasteiger charge is 2.32. The van der Waals surface area contributed by atoms with Gasteiger partial charge in [0.25, 0.3) is 5.91 Å². The Labute approximate surface area is 227 Å². The number of piperidine rings is 1. The van der Waals surface area contributed by atoms with Gasteiger partial charge >= 0.3 is 0 Å². The summed E-state index contributed by atoms with van der Waals surface area (Å²) in [6, 6.07) is 10.2. The molecule has 0 radical (unpaired) electrons. The van der Waals surface area contributed by atoms with E-state index in [-0.39, 0.29) is 24.5 Å². The van der Waals surface area contributed by atoms with Crippen molar-refractivity contribution >= 4 is 22.9 Å². The number of β-amino-alcohol motifs (C(OH)–C–C–N with tert-alkyl or cyclic N) is 1. The van der Waals surface area contributed by atoms with E-state index < -0.39 is 6.10 Å². The van der Waals surface area contributed by atoms with E-state index in [1.165, 1.54) is 5.56 Å². The lowest BCUT2D eigenvalue weighted by atomic mass is 9.86. The number of hydrogen-bond donors (Lipinski definition) is 2. The van der Waals surface area contributed by atoms with Crippen molar-refractivity contribution in [3.63, 3.8) is 0 Å². The van der Waals surface area contributed by atoms with Crippen LogP contribution in [0.1, 0.15) is 57.3 Å². The van der Waals surface area contributed by atoms with Gasteiger partial charge in [0.2, 0.25) is 0 Å². The summed E-state index contributed by atoms with van der Waals surface area (Å²) in [4.78, 5) is 25.7. The molecule has 3 aromatic heterocycles. The predicted octanol–water partition coefficient (Wildman–Crippen LogP) is 4.31. The zero-order chi connectivity index (χ0) is 27.0. The first kappa shape index (κ1) is 26.5. The van der Waals surface area contributed by atoms with Gasteiger partial charge in [-0.05, 0) is 56.7 Å². The van der Waals surface area contributed by atoms with Gasteiger partial charge in [-0.25, -0.2) is 9.97 Å². The van der Waals surface area contributed by atoms with Crippen LogP contribution in [-0.2, 0) is 17.7 Å². The number of aryl methyl sites for hydroxylation is 2. The lowest BCUT2D eigenvalue weighted by Gasteiger charge is -2.36. The fraction of sp³-hybridized carbons (Fsp3) is 0.414. The number of rotatable bonds is 7. The molecule has 9 heteroatoms. The van der Waals surface area contributed by atoms with E-state index in [2.05, 4.69) is 17.1 Å². The first-order valence-electron chi connectivity index (χ1n) is 13.0. The quantitative estimate of drug-likeness (QED) is 0.367. The van der Waals surface area contributed by atoms with E-state index in [0.29, 0.717) is 24.4 Å². The fourth-order valence-corrected chi connectivity index (χ4v) is 6.28. The van der Waals surface area contributed by atoms with Crippen LogP contribution >= 0.6 is 11.3 Å². The molecule has 3 N–H and O–H groups in total. The van der Waals surface area contributed by atoms with Gasteiger partial charge in [-0.1, -0.05) is 24.3 Å². The molecule has 0 bridgehead atoms. The molecule has 4 aromatic rings. The molecule has 1 fully saturated rings. The van der Waals surface area contributed by atoms with Crippen molar-refractivity contribution in [1.29, 1.82) is 0 Å². The van der Waals surface area contributed by atoms with E-state index in [1.807, 2.05) is 49.6 Å². The summed E-state index contributed by atoms with van der Waals surface area (Å²) in [6.07, 6.45) is 4.45. The number of aliphatic hydroxyl groups is 1. The Bertz CT molecular complexity index is 1460. The highest BCUT2D eigenvalue weighted by molar-refractivity contribution is 7.15. The van der Waals surface area contributed by atoms with Crippen molar-refractivity contribution in [2.24, 2.45) is 11.7 Å². The Balaban J connectivity index is 1.39. The summed E-state index contributed by atoms with van der Waals surface area (Å²) in [5.41, 5.74) is 12.1. The molecule has 1 aliphatic heterocycles. The summed E-state index contributed by atoms with van der Waals surface area (Å²) in [6.45, 7) is 7.32. The number of pyridine rings is 1. The Morgan fingerprint density at radius 3 is 2.66 bits per heavy atom. The Morgan fingerprint density at radius 1 is 1.24 bits per heavy atom. The second-order valence-corrected chi connectivity index (χ2v) is 11.3. The lowest BCUT2D eigenvalue weighted by molar-refractivity contribution is 0.0194. The summed E-state index contributed by atoms with van der Waals surface area (Å²) in [5.74, 6) is -0.0911. The number of nitrogens with zero attached hydrogens (tertiary/aromatic N) is 4. The predicted molar refractivity (Wildman–Crippen MR) is 149 cm³/mol. The standard InChI is InChI=1S/C29H35N5O3S/c1-17-27(38-19(3)31-17)23-12-24(18(2)37-4)28-32-25(15-34(28)14-23)29(36)33-10-9-21(26(35)16-33)11-20-7-5-6-8-22(20)13-30/h5-8,12,14-15,18,21,26,35H,9-11,13,16,30H2,1-4H3/t18-,21?,26-/m1/s1. The molecular weight excluding hydrogens is 498 g/mol. The first-order valence-corrected chi connectivity index (χ1v) is 13.8. The van der Waals surface area contributed by atoms with Crippen molar-refractivity contribution < 1.29 is 14.6 Å². The van der Waals surface area contributed by atoms with E-state index in [4.69, 9.17) is 15.5 Å². The normalized spacial score (nSPS) is 18.7. The van der Waals surface area contributed by atoms with E-state index in [9.17, 15) is 9.90 Å². The molecule has 5 rings (SSSR count). The van der Waals surface area contributed by atoms with E-state index >= 15 is 0 Å². The van der Waals surface area contributed by atoms with Crippen LogP contribution in [-0.4, -0.2) is 56.6 Å². The Morgan fingerprint density at radius 2 is 2.00 bits per heavy atom. The Kier molecular flexibility index (Phi) is 7.63. The number of nitrogens with two attached hydrogens (primary N) is 1. The molecule has 200 valence electrons. The van der Waals surface area contributed by atoms with Crippen molar-refractivity contribution in [2.45, 2.75) is 52.4 Å². The van der Waals surface area contributed by atoms with Crippen LogP contribution in [0.25, 0.3) is 16.1 Å². The van der Waals surface area contributed by atoms with Crippen molar-refractivity contribution in [3.8, 4) is 10.4 Å². The number of aliphatic hydroxyl groups excluding tert-OH is 1. The summed E-state index contributed by atoms with van der Waals surface area (Å²) in [7, 11) is 1.67. The largest absolute Gasteiger partial charge is 0.391 e. The molecular formula is C29H35N5O3S. The number of thiazole rings is 1. The SMILES string of the molecule is CO[C@H](C)c1cc(-c2sc(C)nc2C)cn2cc(C(=O)N3CCC(Cc4ccccc4CN)[C@H](O)C3)nc12. The smallest absolute Gasteiger partial charge is 0.274 e. The zero-order valence-corrected chi connectivity index (χ0v) is 23.2. The highest BCUT2D eigenvalue weighted by Crippen LogP contribution is 2.34. The number of hydrogen-bond acceptors (Lipinski definition) is 7. The second kappa shape index (κ2) is 10.9. The molecule has 3 atom stereocenters. The fourth-order valence-electron chi connectivity index (χ4n) is 5.38. The molecule has 1 amide bonds. The molecule has 1 aromatic carbocycles. The monoisotopic (exact) mass is 533 g/mol. The zero-order valence-electron chi connectivity index (χ0n) is 22.3. The van der Waals surface area contributed by atoms with Crippen LogP contribution < -0.4 is 5.73 Å². The average Bonchev–Trinajstić information content (AvgIpc) is 3.50. The topological polar surface area (TPSA) is 106 Å². The summed E-state index contributed by atoms with van der Waals surface area (Å²) in [5, 5.41) is 12.0. The van der Waals surface area contributed by atoms with Gasteiger partial charge in [-0.15, -0.1) is 11.3 Å². The third-order valence-electron chi connectivity index (χ3n) is 7.59. The molecule has 8 nitrogen and oxygen atoms in total. The minimum absolute atomic E-state index is 0.0793. The van der Waals surface area contributed by atoms with Gasteiger partial charge in [0, 0.05) is 50.3 Å². The van der Waals surface area contributed by atoms with Gasteiger partial charge in [0.15, 0.2) is 0 Å². The Hall–Kier alpha value is -3.11. The molecule has 38 heavy (non-hydrogen) atoms. The van der Waals surface area contributed by atoms with Crippen LogP contribution in [0.3, 0.4) is 0 Å². The number of amides is 1. The van der Waals surface area contributed by atoms with Crippen molar-refractivity contribution in [1.82, 2.24) is 19.3 Å². The van der Waals surface area contributed by atoms with Gasteiger partial charge in [0.1, 0.15) is 11.3 Å². The third-order valence-corrected chi connectivity index (χ3v) is 8.71. The van der Waals surface area contributed by atoms with Gasteiger partial charge < -0.3 is 24.9 Å². The molecule has 1 aliphatic rings. The van der Waals surface area contributed by atoms with E-state index in [0.717, 1.165) is 45.1 Å². The van der Waals surface area contributed by atoms with Crippen LogP contribution in [0.15, 0.2) is 42.7 Å².